The summed E-state index contributed by atoms with van der Waals surface area (Å²) in [6.45, 7) is 3.60. The standard InChI is InChI=1S/C17H25N5O/c1-21(2)17-11-14(5-6-20-17)3-4-15-12-22(9-10-23-15)13-16-18-7-8-19-16/h5-8,11,15H,3-4,9-10,12-13H2,1-2H3,(H,18,19). The van der Waals surface area contributed by atoms with Gasteiger partial charge in [-0.05, 0) is 30.5 Å². The van der Waals surface area contributed by atoms with E-state index in [1.165, 1.54) is 5.56 Å². The highest BCUT2D eigenvalue weighted by Crippen LogP contribution is 2.16. The van der Waals surface area contributed by atoms with Gasteiger partial charge in [0.15, 0.2) is 0 Å². The average molecular weight is 315 g/mol. The number of aryl methyl sites for hydroxylation is 1. The van der Waals surface area contributed by atoms with Crippen LogP contribution in [0.5, 0.6) is 0 Å². The quantitative estimate of drug-likeness (QED) is 0.879. The van der Waals surface area contributed by atoms with E-state index in [9.17, 15) is 0 Å². The predicted molar refractivity (Wildman–Crippen MR) is 90.5 cm³/mol. The third kappa shape index (κ3) is 4.53. The summed E-state index contributed by atoms with van der Waals surface area (Å²) < 4.78 is 5.93. The molecule has 124 valence electrons. The molecule has 2 aromatic heterocycles. The van der Waals surface area contributed by atoms with Crippen LogP contribution < -0.4 is 4.90 Å². The Morgan fingerprint density at radius 1 is 1.35 bits per heavy atom. The third-order valence-electron chi connectivity index (χ3n) is 4.17. The molecule has 1 aliphatic rings. The van der Waals surface area contributed by atoms with E-state index < -0.39 is 0 Å². The summed E-state index contributed by atoms with van der Waals surface area (Å²) >= 11 is 0. The smallest absolute Gasteiger partial charge is 0.128 e. The molecule has 0 amide bonds. The van der Waals surface area contributed by atoms with Crippen molar-refractivity contribution in [1.82, 2.24) is 19.9 Å². The fourth-order valence-electron chi connectivity index (χ4n) is 2.88. The molecule has 0 aromatic carbocycles. The topological polar surface area (TPSA) is 57.3 Å². The van der Waals surface area contributed by atoms with Crippen LogP contribution in [0.4, 0.5) is 5.82 Å². The number of aromatic nitrogens is 3. The van der Waals surface area contributed by atoms with E-state index in [4.69, 9.17) is 4.74 Å². The van der Waals surface area contributed by atoms with Crippen molar-refractivity contribution in [2.45, 2.75) is 25.5 Å². The molecule has 1 N–H and O–H groups in total. The molecule has 0 bridgehead atoms. The summed E-state index contributed by atoms with van der Waals surface area (Å²) in [5.41, 5.74) is 1.32. The first-order chi connectivity index (χ1) is 11.2. The van der Waals surface area contributed by atoms with Crippen molar-refractivity contribution < 1.29 is 4.74 Å². The van der Waals surface area contributed by atoms with Gasteiger partial charge >= 0.3 is 0 Å². The highest BCUT2D eigenvalue weighted by Gasteiger charge is 2.21. The summed E-state index contributed by atoms with van der Waals surface area (Å²) in [4.78, 5) is 16.3. The molecule has 3 rings (SSSR count). The largest absolute Gasteiger partial charge is 0.376 e. The maximum Gasteiger partial charge on any atom is 0.128 e. The normalized spacial score (nSPS) is 19.0. The molecule has 0 saturated carbocycles. The molecule has 1 unspecified atom stereocenters. The van der Waals surface area contributed by atoms with Gasteiger partial charge < -0.3 is 14.6 Å². The third-order valence-corrected chi connectivity index (χ3v) is 4.17. The van der Waals surface area contributed by atoms with Gasteiger partial charge in [0.2, 0.25) is 0 Å². The van der Waals surface area contributed by atoms with Crippen molar-refractivity contribution in [1.29, 1.82) is 0 Å². The molecule has 1 aliphatic heterocycles. The fraction of sp³-hybridized carbons (Fsp3) is 0.529. The summed E-state index contributed by atoms with van der Waals surface area (Å²) in [5.74, 6) is 2.03. The van der Waals surface area contributed by atoms with Crippen molar-refractivity contribution in [2.75, 3.05) is 38.7 Å². The zero-order chi connectivity index (χ0) is 16.1. The van der Waals surface area contributed by atoms with Crippen LogP contribution in [0.15, 0.2) is 30.7 Å². The Morgan fingerprint density at radius 2 is 2.26 bits per heavy atom. The maximum absolute atomic E-state index is 5.93. The molecule has 6 nitrogen and oxygen atoms in total. The lowest BCUT2D eigenvalue weighted by molar-refractivity contribution is -0.0352. The van der Waals surface area contributed by atoms with Gasteiger partial charge in [0, 0.05) is 45.8 Å². The van der Waals surface area contributed by atoms with Gasteiger partial charge in [-0.2, -0.15) is 0 Å². The molecule has 3 heterocycles. The van der Waals surface area contributed by atoms with Crippen molar-refractivity contribution in [3.8, 4) is 0 Å². The van der Waals surface area contributed by atoms with Crippen LogP contribution in [0, 0.1) is 0 Å². The van der Waals surface area contributed by atoms with Gasteiger partial charge in [-0.1, -0.05) is 0 Å². The minimum absolute atomic E-state index is 0.287. The van der Waals surface area contributed by atoms with E-state index in [0.717, 1.165) is 50.7 Å². The molecule has 23 heavy (non-hydrogen) atoms. The SMILES string of the molecule is CN(C)c1cc(CCC2CN(Cc3ncc[nH]3)CCO2)ccn1. The number of pyridine rings is 1. The van der Waals surface area contributed by atoms with E-state index in [1.54, 1.807) is 6.20 Å². The number of imidazole rings is 1. The zero-order valence-corrected chi connectivity index (χ0v) is 13.9. The second kappa shape index (κ2) is 7.57. The molecule has 6 heteroatoms. The van der Waals surface area contributed by atoms with Crippen LogP contribution in [0.3, 0.4) is 0 Å². The Morgan fingerprint density at radius 3 is 3.04 bits per heavy atom. The van der Waals surface area contributed by atoms with Gasteiger partial charge in [0.1, 0.15) is 11.6 Å². The minimum Gasteiger partial charge on any atom is -0.376 e. The number of anilines is 1. The first-order valence-electron chi connectivity index (χ1n) is 8.15. The Labute approximate surface area is 137 Å². The van der Waals surface area contributed by atoms with Gasteiger partial charge in [0.05, 0.1) is 19.3 Å². The maximum atomic E-state index is 5.93. The molecule has 2 aromatic rings. The van der Waals surface area contributed by atoms with Gasteiger partial charge in [-0.25, -0.2) is 9.97 Å². The molecular weight excluding hydrogens is 290 g/mol. The highest BCUT2D eigenvalue weighted by molar-refractivity contribution is 5.39. The van der Waals surface area contributed by atoms with Crippen molar-refractivity contribution in [3.05, 3.63) is 42.1 Å². The van der Waals surface area contributed by atoms with Crippen molar-refractivity contribution >= 4 is 5.82 Å². The second-order valence-electron chi connectivity index (χ2n) is 6.22. The van der Waals surface area contributed by atoms with Gasteiger partial charge in [-0.3, -0.25) is 4.90 Å². The summed E-state index contributed by atoms with van der Waals surface area (Å²) in [6, 6.07) is 4.25. The summed E-state index contributed by atoms with van der Waals surface area (Å²) in [5, 5.41) is 0. The number of H-pyrrole nitrogens is 1. The molecular formula is C17H25N5O. The number of hydrogen-bond acceptors (Lipinski definition) is 5. The second-order valence-corrected chi connectivity index (χ2v) is 6.22. The summed E-state index contributed by atoms with van der Waals surface area (Å²) in [7, 11) is 4.03. The van der Waals surface area contributed by atoms with Crippen LogP contribution in [-0.2, 0) is 17.7 Å². The highest BCUT2D eigenvalue weighted by atomic mass is 16.5. The number of hydrogen-bond donors (Lipinski definition) is 1. The first-order valence-corrected chi connectivity index (χ1v) is 8.15. The van der Waals surface area contributed by atoms with E-state index in [-0.39, 0.29) is 6.10 Å². The monoisotopic (exact) mass is 315 g/mol. The van der Waals surface area contributed by atoms with E-state index >= 15 is 0 Å². The lowest BCUT2D eigenvalue weighted by atomic mass is 10.1. The average Bonchev–Trinajstić information content (AvgIpc) is 3.06. The van der Waals surface area contributed by atoms with Crippen molar-refractivity contribution in [3.63, 3.8) is 0 Å². The fourth-order valence-corrected chi connectivity index (χ4v) is 2.88. The molecule has 1 saturated heterocycles. The molecule has 0 radical (unpaired) electrons. The van der Waals surface area contributed by atoms with Crippen LogP contribution in [-0.4, -0.2) is 59.7 Å². The van der Waals surface area contributed by atoms with Gasteiger partial charge in [-0.15, -0.1) is 0 Å². The number of nitrogens with one attached hydrogen (secondary N) is 1. The van der Waals surface area contributed by atoms with Crippen LogP contribution in [0.25, 0.3) is 0 Å². The Bertz CT molecular complexity index is 599. The number of rotatable bonds is 6. The van der Waals surface area contributed by atoms with Crippen LogP contribution in [0.1, 0.15) is 17.8 Å². The van der Waals surface area contributed by atoms with Crippen LogP contribution in [0.2, 0.25) is 0 Å². The number of nitrogens with zero attached hydrogens (tertiary/aromatic N) is 4. The molecule has 0 spiro atoms. The molecule has 1 atom stereocenters. The molecule has 0 aliphatic carbocycles. The minimum atomic E-state index is 0.287. The predicted octanol–water partition coefficient (Wildman–Crippen LogP) is 1.70. The van der Waals surface area contributed by atoms with Crippen LogP contribution >= 0.6 is 0 Å². The first kappa shape index (κ1) is 16.0. The lowest BCUT2D eigenvalue weighted by Gasteiger charge is -2.32. The number of morpholine rings is 1. The molecule has 1 fully saturated rings. The number of ether oxygens (including phenoxy) is 1. The van der Waals surface area contributed by atoms with E-state index in [1.807, 2.05) is 31.4 Å². The number of aromatic amines is 1. The summed E-state index contributed by atoms with van der Waals surface area (Å²) in [6.07, 6.45) is 7.90. The van der Waals surface area contributed by atoms with E-state index in [2.05, 4.69) is 32.0 Å². The van der Waals surface area contributed by atoms with Crippen molar-refractivity contribution in [2.24, 2.45) is 0 Å². The Kier molecular flexibility index (Phi) is 5.25. The Balaban J connectivity index is 1.50. The lowest BCUT2D eigenvalue weighted by Crippen LogP contribution is -2.42. The zero-order valence-electron chi connectivity index (χ0n) is 13.9. The van der Waals surface area contributed by atoms with E-state index in [0.29, 0.717) is 0 Å². The van der Waals surface area contributed by atoms with Gasteiger partial charge in [0.25, 0.3) is 0 Å². The Hall–Kier alpha value is -1.92.